The van der Waals surface area contributed by atoms with Gasteiger partial charge in [0.15, 0.2) is 23.3 Å². The van der Waals surface area contributed by atoms with Crippen LogP contribution in [-0.2, 0) is 38.1 Å². The number of aliphatic hydroxyl groups excluding tert-OH is 2. The molecule has 3 aliphatic carbocycles. The lowest BCUT2D eigenvalue weighted by atomic mass is 9.44. The van der Waals surface area contributed by atoms with Crippen molar-refractivity contribution in [2.75, 3.05) is 20.3 Å². The van der Waals surface area contributed by atoms with E-state index in [2.05, 4.69) is 5.32 Å². The highest BCUT2D eigenvalue weighted by atomic mass is 16.6. The maximum absolute atomic E-state index is 16.0. The first kappa shape index (κ1) is 49.8. The molecule has 0 unspecified atom stereocenters. The number of carbonyl (C=O) groups is 6. The molecule has 8 rings (SSSR count). The Morgan fingerprint density at radius 1 is 0.829 bits per heavy atom. The lowest BCUT2D eigenvalue weighted by molar-refractivity contribution is -0.346. The van der Waals surface area contributed by atoms with Crippen LogP contribution in [0.3, 0.4) is 0 Å². The summed E-state index contributed by atoms with van der Waals surface area (Å²) in [5, 5.41) is 41.0. The molecule has 1 amide bonds. The quantitative estimate of drug-likeness (QED) is 0.0559. The number of rotatable bonds is 14. The van der Waals surface area contributed by atoms with Crippen molar-refractivity contribution in [2.45, 2.75) is 101 Å². The van der Waals surface area contributed by atoms with Gasteiger partial charge in [0.05, 0.1) is 42.8 Å². The van der Waals surface area contributed by atoms with E-state index in [4.69, 9.17) is 28.4 Å². The predicted molar refractivity (Wildman–Crippen MR) is 249 cm³/mol. The molecule has 0 radical (unpaired) electrons. The van der Waals surface area contributed by atoms with Gasteiger partial charge in [-0.05, 0) is 79.1 Å². The highest BCUT2D eigenvalue weighted by Gasteiger charge is 2.78. The molecule has 11 atom stereocenters. The van der Waals surface area contributed by atoms with Gasteiger partial charge in [-0.15, -0.1) is 0 Å². The monoisotopic (exact) mass is 959 g/mol. The van der Waals surface area contributed by atoms with Gasteiger partial charge in [0, 0.05) is 36.3 Å². The van der Waals surface area contributed by atoms with E-state index in [1.807, 2.05) is 0 Å². The third-order valence-electron chi connectivity index (χ3n) is 15.0. The summed E-state index contributed by atoms with van der Waals surface area (Å²) in [6.45, 7) is 6.32. The van der Waals surface area contributed by atoms with Crippen molar-refractivity contribution in [3.8, 4) is 5.75 Å². The molecule has 16 nitrogen and oxygen atoms in total. The first-order valence-corrected chi connectivity index (χ1v) is 23.1. The van der Waals surface area contributed by atoms with Crippen LogP contribution in [0.4, 0.5) is 0 Å². The average Bonchev–Trinajstić information content (AvgIpc) is 3.35. The van der Waals surface area contributed by atoms with Gasteiger partial charge in [-0.3, -0.25) is 19.2 Å². The van der Waals surface area contributed by atoms with E-state index in [0.717, 1.165) is 6.92 Å². The van der Waals surface area contributed by atoms with Crippen LogP contribution in [0.25, 0.3) is 0 Å². The lowest BCUT2D eigenvalue weighted by Gasteiger charge is -2.67. The average molecular weight is 960 g/mol. The van der Waals surface area contributed by atoms with E-state index in [9.17, 15) is 39.3 Å². The Balaban J connectivity index is 1.28. The molecule has 4 aromatic carbocycles. The number of fused-ring (bicyclic) bond motifs is 5. The summed E-state index contributed by atoms with van der Waals surface area (Å²) in [7, 11) is 1.48. The van der Waals surface area contributed by atoms with Crippen LogP contribution >= 0.6 is 0 Å². The van der Waals surface area contributed by atoms with E-state index in [1.165, 1.54) is 38.3 Å². The number of benzene rings is 4. The van der Waals surface area contributed by atoms with Crippen LogP contribution in [0.5, 0.6) is 5.75 Å². The Morgan fingerprint density at radius 3 is 2.00 bits per heavy atom. The molecule has 2 bridgehead atoms. The topological polar surface area (TPSA) is 231 Å². The minimum atomic E-state index is -2.42. The number of ether oxygens (including phenoxy) is 6. The maximum atomic E-state index is 16.0. The molecule has 1 aliphatic heterocycles. The molecule has 1 heterocycles. The molecular weight excluding hydrogens is 903 g/mol. The van der Waals surface area contributed by atoms with Gasteiger partial charge in [0.2, 0.25) is 0 Å². The second kappa shape index (κ2) is 19.3. The van der Waals surface area contributed by atoms with Crippen LogP contribution in [0, 0.1) is 16.7 Å². The Hall–Kier alpha value is -6.56. The van der Waals surface area contributed by atoms with Gasteiger partial charge in [-0.1, -0.05) is 80.6 Å². The number of hydrogen-bond acceptors (Lipinski definition) is 15. The molecule has 70 heavy (non-hydrogen) atoms. The van der Waals surface area contributed by atoms with E-state index < -0.39 is 119 Å². The van der Waals surface area contributed by atoms with Crippen molar-refractivity contribution in [3.05, 3.63) is 149 Å². The molecule has 0 aromatic heterocycles. The number of esters is 3. The van der Waals surface area contributed by atoms with Gasteiger partial charge in [-0.25, -0.2) is 9.59 Å². The number of aliphatic hydroxyl groups is 3. The molecule has 1 saturated heterocycles. The molecule has 16 heteroatoms. The van der Waals surface area contributed by atoms with Crippen molar-refractivity contribution in [3.63, 3.8) is 0 Å². The maximum Gasteiger partial charge on any atom is 0.338 e. The SMILES string of the molecule is COc1ccc(C(=O)CO[C@H]2C(=O)[C@@]3(C)[C@H]([C@H](OC(=O)c4ccccc4)[C@]4(O)C[C@H](OC(=O)[C@H](O)[C@@H](NC(=O)c5ccccc5)c5ccccc5)C(C)=C2C4(C)C)[C@]2(OC(C)=O)CO[C@@H]2C[C@@H]3O)cc1. The zero-order valence-electron chi connectivity index (χ0n) is 39.7. The number of methoxy groups -OCH3 is 1. The normalized spacial score (nSPS) is 29.5. The summed E-state index contributed by atoms with van der Waals surface area (Å²) in [6, 6.07) is 29.2. The number of carbonyl (C=O) groups excluding carboxylic acids is 6. The second-order valence-corrected chi connectivity index (χ2v) is 19.2. The van der Waals surface area contributed by atoms with E-state index in [0.29, 0.717) is 11.3 Å². The Labute approximate surface area is 404 Å². The molecular formula is C54H57NO15. The van der Waals surface area contributed by atoms with Crippen molar-refractivity contribution in [2.24, 2.45) is 16.7 Å². The van der Waals surface area contributed by atoms with Crippen molar-refractivity contribution in [1.82, 2.24) is 5.32 Å². The first-order valence-electron chi connectivity index (χ1n) is 23.1. The fourth-order valence-electron chi connectivity index (χ4n) is 11.1. The Kier molecular flexibility index (Phi) is 13.8. The lowest BCUT2D eigenvalue weighted by Crippen LogP contribution is -2.82. The third-order valence-corrected chi connectivity index (χ3v) is 15.0. The van der Waals surface area contributed by atoms with E-state index in [-0.39, 0.29) is 40.9 Å². The number of nitrogens with one attached hydrogen (secondary N) is 1. The molecule has 2 saturated carbocycles. The minimum Gasteiger partial charge on any atom is -0.497 e. The third kappa shape index (κ3) is 8.61. The Morgan fingerprint density at radius 2 is 1.43 bits per heavy atom. The van der Waals surface area contributed by atoms with Crippen molar-refractivity contribution < 1.29 is 72.5 Å². The predicted octanol–water partition coefficient (Wildman–Crippen LogP) is 5.08. The van der Waals surface area contributed by atoms with E-state index in [1.54, 1.807) is 112 Å². The van der Waals surface area contributed by atoms with Crippen LogP contribution in [0.2, 0.25) is 0 Å². The van der Waals surface area contributed by atoms with Gasteiger partial charge in [-0.2, -0.15) is 0 Å². The van der Waals surface area contributed by atoms with Crippen LogP contribution in [-0.4, -0.2) is 119 Å². The second-order valence-electron chi connectivity index (χ2n) is 19.2. The smallest absolute Gasteiger partial charge is 0.338 e. The molecule has 4 aliphatic rings. The van der Waals surface area contributed by atoms with Crippen LogP contribution in [0.15, 0.2) is 126 Å². The van der Waals surface area contributed by atoms with E-state index >= 15 is 4.79 Å². The summed E-state index contributed by atoms with van der Waals surface area (Å²) >= 11 is 0. The zero-order valence-corrected chi connectivity index (χ0v) is 39.7. The number of hydrogen-bond donors (Lipinski definition) is 4. The molecule has 0 spiro atoms. The number of Topliss-reactive ketones (excluding diaryl/α,β-unsaturated/α-hetero) is 2. The van der Waals surface area contributed by atoms with Gasteiger partial charge < -0.3 is 49.1 Å². The zero-order chi connectivity index (χ0) is 50.3. The van der Waals surface area contributed by atoms with Crippen molar-refractivity contribution in [1.29, 1.82) is 0 Å². The molecule has 4 aromatic rings. The summed E-state index contributed by atoms with van der Waals surface area (Å²) in [5.41, 5.74) is -6.84. The van der Waals surface area contributed by atoms with Gasteiger partial charge >= 0.3 is 17.9 Å². The van der Waals surface area contributed by atoms with Gasteiger partial charge in [0.25, 0.3) is 5.91 Å². The Bertz CT molecular complexity index is 2670. The summed E-state index contributed by atoms with van der Waals surface area (Å²) < 4.78 is 36.5. The summed E-state index contributed by atoms with van der Waals surface area (Å²) in [4.78, 5) is 85.7. The van der Waals surface area contributed by atoms with Crippen LogP contribution in [0.1, 0.15) is 90.1 Å². The largest absolute Gasteiger partial charge is 0.497 e. The number of ketones is 2. The fraction of sp³-hybridized carbons (Fsp3) is 0.407. The van der Waals surface area contributed by atoms with Crippen molar-refractivity contribution >= 4 is 35.4 Å². The molecule has 4 N–H and O–H groups in total. The standard InChI is InChI=1S/C54H57NO15/c1-30-38(68-50(63)43(59)42(33-16-10-7-11-17-33)55-48(61)34-18-12-8-13-19-34)27-54(64)47(69-49(62)35-20-14-9-15-21-35)45-52(5,39(58)26-40-53(45,29-67-40)70-31(2)56)46(60)44(41(30)51(54,3)4)66-28-37(57)32-22-24-36(65-6)25-23-32/h7-25,38-40,42-45,47,58-59,64H,26-29H2,1-6H3,(H,55,61)/t38-,39-,40+,42-,43+,44+,45-,47-,52+,53-,54+/m0/s1. The summed E-state index contributed by atoms with van der Waals surface area (Å²) in [5.74, 6) is -5.99. The molecule has 368 valence electrons. The fourth-order valence-corrected chi connectivity index (χ4v) is 11.1. The first-order chi connectivity index (χ1) is 33.3. The van der Waals surface area contributed by atoms with Gasteiger partial charge in [0.1, 0.15) is 42.4 Å². The molecule has 3 fully saturated rings. The summed E-state index contributed by atoms with van der Waals surface area (Å²) in [6.07, 6.45) is -10.6. The van der Waals surface area contributed by atoms with Crippen LogP contribution < -0.4 is 10.1 Å². The number of amides is 1. The highest BCUT2D eigenvalue weighted by molar-refractivity contribution is 5.99. The minimum absolute atomic E-state index is 0.0409. The highest BCUT2D eigenvalue weighted by Crippen LogP contribution is 2.64.